The summed E-state index contributed by atoms with van der Waals surface area (Å²) in [5, 5.41) is 0. The van der Waals surface area contributed by atoms with Crippen molar-refractivity contribution in [1.29, 1.82) is 0 Å². The van der Waals surface area contributed by atoms with Crippen molar-refractivity contribution in [1.82, 2.24) is 0 Å². The minimum atomic E-state index is -0.620. The van der Waals surface area contributed by atoms with Crippen LogP contribution >= 0.6 is 0 Å². The fraction of sp³-hybridized carbons (Fsp3) is 0.133. The van der Waals surface area contributed by atoms with Crippen LogP contribution in [-0.4, -0.2) is 6.10 Å². The number of rotatable bonds is 1. The first kappa shape index (κ1) is 12.1. The maximum absolute atomic E-state index is 13.8. The van der Waals surface area contributed by atoms with Gasteiger partial charge in [-0.3, -0.25) is 0 Å². The van der Waals surface area contributed by atoms with Gasteiger partial charge in [-0.1, -0.05) is 0 Å². The molecule has 0 spiro atoms. The largest absolute Gasteiger partial charge is 0.489 e. The zero-order valence-corrected chi connectivity index (χ0v) is 9.92. The van der Waals surface area contributed by atoms with Gasteiger partial charge >= 0.3 is 0 Å². The van der Waals surface area contributed by atoms with Crippen molar-refractivity contribution in [3.63, 3.8) is 0 Å². The Bertz CT molecular complexity index is 652. The molecule has 1 heterocycles. The Labute approximate surface area is 108 Å². The smallest absolute Gasteiger partial charge is 0.131 e. The summed E-state index contributed by atoms with van der Waals surface area (Å²) < 4.78 is 46.1. The Morgan fingerprint density at radius 2 is 1.74 bits per heavy atom. The molecule has 0 saturated carbocycles. The summed E-state index contributed by atoms with van der Waals surface area (Å²) in [6.45, 7) is 3.74. The van der Waals surface area contributed by atoms with E-state index in [1.54, 1.807) is 0 Å². The third-order valence-electron chi connectivity index (χ3n) is 3.08. The summed E-state index contributed by atoms with van der Waals surface area (Å²) in [7, 11) is 0. The molecule has 19 heavy (non-hydrogen) atoms. The average molecular weight is 263 g/mol. The lowest BCUT2D eigenvalue weighted by molar-refractivity contribution is 0.282. The van der Waals surface area contributed by atoms with Gasteiger partial charge in [0.05, 0.1) is 0 Å². The first-order valence-electron chi connectivity index (χ1n) is 5.82. The van der Waals surface area contributed by atoms with Gasteiger partial charge in [0.15, 0.2) is 0 Å². The van der Waals surface area contributed by atoms with E-state index in [2.05, 4.69) is 6.92 Å². The van der Waals surface area contributed by atoms with Crippen LogP contribution in [0.2, 0.25) is 0 Å². The van der Waals surface area contributed by atoms with Crippen LogP contribution in [0.1, 0.15) is 5.56 Å². The highest BCUT2D eigenvalue weighted by molar-refractivity contribution is 5.73. The Kier molecular flexibility index (Phi) is 2.73. The van der Waals surface area contributed by atoms with E-state index >= 15 is 0 Å². The molecule has 0 amide bonds. The summed E-state index contributed by atoms with van der Waals surface area (Å²) in [5.74, 6) is -1.33. The van der Waals surface area contributed by atoms with Crippen molar-refractivity contribution in [3.8, 4) is 16.9 Å². The second-order valence-electron chi connectivity index (χ2n) is 4.51. The molecule has 1 aliphatic rings. The van der Waals surface area contributed by atoms with Gasteiger partial charge in [0.2, 0.25) is 0 Å². The van der Waals surface area contributed by atoms with Crippen LogP contribution < -0.4 is 4.74 Å². The molecule has 2 aromatic rings. The highest BCUT2D eigenvalue weighted by Crippen LogP contribution is 2.40. The van der Waals surface area contributed by atoms with Crippen LogP contribution in [-0.2, 0) is 6.42 Å². The van der Waals surface area contributed by atoms with Crippen molar-refractivity contribution in [2.45, 2.75) is 12.5 Å². The van der Waals surface area contributed by atoms with Gasteiger partial charge in [-0.15, -0.1) is 0 Å². The fourth-order valence-electron chi connectivity index (χ4n) is 2.30. The molecule has 97 valence electrons. The molecule has 0 N–H and O–H groups in total. The zero-order valence-electron chi connectivity index (χ0n) is 9.92. The van der Waals surface area contributed by atoms with E-state index in [0.717, 1.165) is 24.3 Å². The Morgan fingerprint density at radius 1 is 1.00 bits per heavy atom. The summed E-state index contributed by atoms with van der Waals surface area (Å²) in [5.41, 5.74) is 0.835. The van der Waals surface area contributed by atoms with Crippen LogP contribution in [0.3, 0.4) is 0 Å². The number of ether oxygens (including phenoxy) is 1. The second kappa shape index (κ2) is 4.30. The highest BCUT2D eigenvalue weighted by Gasteiger charge is 2.25. The second-order valence-corrected chi connectivity index (χ2v) is 4.51. The highest BCUT2D eigenvalue weighted by atomic mass is 19.1. The molecule has 0 aliphatic carbocycles. The predicted octanol–water partition coefficient (Wildman–Crippen LogP) is 3.91. The summed E-state index contributed by atoms with van der Waals surface area (Å²) in [4.78, 5) is 0. The topological polar surface area (TPSA) is 9.23 Å². The third kappa shape index (κ3) is 2.07. The van der Waals surface area contributed by atoms with Gasteiger partial charge in [-0.25, -0.2) is 13.2 Å². The molecule has 2 aromatic carbocycles. The van der Waals surface area contributed by atoms with Crippen LogP contribution in [0.5, 0.6) is 5.75 Å². The minimum Gasteiger partial charge on any atom is -0.489 e. The molecule has 0 saturated heterocycles. The van der Waals surface area contributed by atoms with E-state index < -0.39 is 17.5 Å². The van der Waals surface area contributed by atoms with Crippen molar-refractivity contribution < 1.29 is 17.9 Å². The van der Waals surface area contributed by atoms with Gasteiger partial charge in [0.1, 0.15) is 29.3 Å². The van der Waals surface area contributed by atoms with E-state index in [-0.39, 0.29) is 17.2 Å². The Balaban J connectivity index is 2.23. The number of hydrogen-bond donors (Lipinski definition) is 0. The van der Waals surface area contributed by atoms with Crippen molar-refractivity contribution in [2.75, 3.05) is 0 Å². The zero-order chi connectivity index (χ0) is 13.6. The minimum absolute atomic E-state index is 0.00940. The molecule has 0 bridgehead atoms. The lowest BCUT2D eigenvalue weighted by atomic mass is 10.00. The van der Waals surface area contributed by atoms with Crippen LogP contribution in [0.4, 0.5) is 13.2 Å². The SMILES string of the molecule is [CH2]C1Cc2cc(F)cc(-c3cc(F)ccc3F)c2O1. The van der Waals surface area contributed by atoms with Gasteiger partial charge < -0.3 is 4.74 Å². The summed E-state index contributed by atoms with van der Waals surface area (Å²) in [6, 6.07) is 5.54. The lowest BCUT2D eigenvalue weighted by Gasteiger charge is -2.11. The molecule has 0 aromatic heterocycles. The monoisotopic (exact) mass is 263 g/mol. The molecule has 0 fully saturated rings. The number of fused-ring (bicyclic) bond motifs is 1. The fourth-order valence-corrected chi connectivity index (χ4v) is 2.30. The first-order valence-corrected chi connectivity index (χ1v) is 5.82. The standard InChI is InChI=1S/C15H10F3O/c1-8-4-9-5-11(17)7-13(15(9)19-8)12-6-10(16)2-3-14(12)18/h2-3,5-8H,1,4H2. The quantitative estimate of drug-likeness (QED) is 0.758. The van der Waals surface area contributed by atoms with Gasteiger partial charge in [-0.2, -0.15) is 0 Å². The van der Waals surface area contributed by atoms with E-state index in [1.165, 1.54) is 6.07 Å². The van der Waals surface area contributed by atoms with Crippen LogP contribution in [0.15, 0.2) is 30.3 Å². The third-order valence-corrected chi connectivity index (χ3v) is 3.08. The maximum Gasteiger partial charge on any atom is 0.131 e. The number of hydrogen-bond acceptors (Lipinski definition) is 1. The molecular formula is C15H10F3O. The average Bonchev–Trinajstić information content (AvgIpc) is 2.71. The Morgan fingerprint density at radius 3 is 2.53 bits per heavy atom. The molecule has 1 atom stereocenters. The van der Waals surface area contributed by atoms with Crippen molar-refractivity contribution in [3.05, 3.63) is 60.3 Å². The van der Waals surface area contributed by atoms with E-state index in [9.17, 15) is 13.2 Å². The maximum atomic E-state index is 13.8. The molecule has 1 nitrogen and oxygen atoms in total. The van der Waals surface area contributed by atoms with Crippen LogP contribution in [0.25, 0.3) is 11.1 Å². The van der Waals surface area contributed by atoms with Crippen molar-refractivity contribution in [2.24, 2.45) is 0 Å². The van der Waals surface area contributed by atoms with Gasteiger partial charge in [0, 0.05) is 23.1 Å². The van der Waals surface area contributed by atoms with E-state index in [1.807, 2.05) is 0 Å². The Hall–Kier alpha value is -1.97. The van der Waals surface area contributed by atoms with E-state index in [0.29, 0.717) is 17.7 Å². The summed E-state index contributed by atoms with van der Waals surface area (Å²) >= 11 is 0. The van der Waals surface area contributed by atoms with Gasteiger partial charge in [-0.05, 0) is 37.3 Å². The molecule has 3 rings (SSSR count). The first-order chi connectivity index (χ1) is 9.04. The van der Waals surface area contributed by atoms with Crippen molar-refractivity contribution >= 4 is 0 Å². The molecule has 1 radical (unpaired) electrons. The summed E-state index contributed by atoms with van der Waals surface area (Å²) in [6.07, 6.45) is 0.115. The normalized spacial score (nSPS) is 17.2. The molecule has 4 heteroatoms. The molecular weight excluding hydrogens is 253 g/mol. The number of halogens is 3. The molecule has 1 aliphatic heterocycles. The predicted molar refractivity (Wildman–Crippen MR) is 65.2 cm³/mol. The number of benzene rings is 2. The van der Waals surface area contributed by atoms with Crippen LogP contribution in [0, 0.1) is 24.4 Å². The van der Waals surface area contributed by atoms with Gasteiger partial charge in [0.25, 0.3) is 0 Å². The lowest BCUT2D eigenvalue weighted by Crippen LogP contribution is -2.06. The van der Waals surface area contributed by atoms with E-state index in [4.69, 9.17) is 4.74 Å². The molecule has 1 unspecified atom stereocenters.